The number of nitrogens with two attached hydrogens (primary N) is 2. The second-order valence-corrected chi connectivity index (χ2v) is 12.8. The lowest BCUT2D eigenvalue weighted by Crippen LogP contribution is -2.34. The zero-order valence-corrected chi connectivity index (χ0v) is 22.8. The summed E-state index contributed by atoms with van der Waals surface area (Å²) in [7, 11) is 0. The van der Waals surface area contributed by atoms with Crippen LogP contribution in [0.3, 0.4) is 0 Å². The van der Waals surface area contributed by atoms with Crippen LogP contribution < -0.4 is 17.0 Å². The maximum atomic E-state index is 15.6. The molecule has 0 bridgehead atoms. The van der Waals surface area contributed by atoms with E-state index in [2.05, 4.69) is 37.2 Å². The number of hydrogen-bond acceptors (Lipinski definition) is 14. The van der Waals surface area contributed by atoms with E-state index in [1.807, 2.05) is 0 Å². The molecule has 2 saturated heterocycles. The van der Waals surface area contributed by atoms with E-state index >= 15 is 8.78 Å². The number of imidazole rings is 1. The molecule has 4 aromatic rings. The number of ether oxygens (including phenoxy) is 2. The van der Waals surface area contributed by atoms with E-state index in [1.165, 1.54) is 17.1 Å². The van der Waals surface area contributed by atoms with E-state index in [1.54, 1.807) is 6.07 Å². The molecule has 1 aliphatic carbocycles. The van der Waals surface area contributed by atoms with Crippen molar-refractivity contribution in [2.24, 2.45) is 0 Å². The van der Waals surface area contributed by atoms with E-state index in [-0.39, 0.29) is 28.6 Å². The van der Waals surface area contributed by atoms with Gasteiger partial charge in [0, 0.05) is 6.20 Å². The van der Waals surface area contributed by atoms with Crippen LogP contribution in [0.1, 0.15) is 12.5 Å². The molecular formula is C21H22F2N9O8PS. The Labute approximate surface area is 237 Å². The van der Waals surface area contributed by atoms with Crippen LogP contribution in [-0.2, 0) is 23.1 Å². The molecule has 0 aromatic carbocycles. The number of nitrogen functional groups attached to an aromatic ring is 2. The molecule has 7 rings (SSSR count). The second-order valence-electron chi connectivity index (χ2n) is 9.99. The number of aliphatic hydroxyl groups is 2. The number of nitrogens with zero attached hydrogens (tertiary/aromatic N) is 6. The number of rotatable bonds is 7. The lowest BCUT2D eigenvalue weighted by atomic mass is 10.1. The molecule has 2 aliphatic heterocycles. The van der Waals surface area contributed by atoms with Gasteiger partial charge in [0.2, 0.25) is 5.95 Å². The normalized spacial score (nSPS) is 35.5. The quantitative estimate of drug-likeness (QED) is 0.114. The molecule has 0 spiro atoms. The first-order valence-corrected chi connectivity index (χ1v) is 15.1. The Morgan fingerprint density at radius 1 is 1.17 bits per heavy atom. The van der Waals surface area contributed by atoms with Crippen molar-refractivity contribution in [3.63, 3.8) is 0 Å². The number of H-pyrrole nitrogens is 1. The van der Waals surface area contributed by atoms with Gasteiger partial charge in [-0.05, 0) is 6.07 Å². The molecule has 4 aromatic heterocycles. The molecule has 0 radical (unpaired) electrons. The summed E-state index contributed by atoms with van der Waals surface area (Å²) in [4.78, 5) is 30.3. The lowest BCUT2D eigenvalue weighted by Gasteiger charge is -2.26. The first kappa shape index (κ1) is 27.6. The molecule has 2 unspecified atom stereocenters. The van der Waals surface area contributed by atoms with Gasteiger partial charge in [-0.3, -0.25) is 23.4 Å². The van der Waals surface area contributed by atoms with E-state index in [0.29, 0.717) is 5.39 Å². The average molecular weight is 629 g/mol. The summed E-state index contributed by atoms with van der Waals surface area (Å²) in [5.41, 5.74) is 8.55. The van der Waals surface area contributed by atoms with Gasteiger partial charge < -0.3 is 35.7 Å². The van der Waals surface area contributed by atoms with Gasteiger partial charge >= 0.3 is 6.80 Å². The molecule has 6 heterocycles. The van der Waals surface area contributed by atoms with Crippen LogP contribution in [-0.4, -0.2) is 93.2 Å². The number of aliphatic hydroxyl groups excluding tert-OH is 1. The van der Waals surface area contributed by atoms with E-state index < -0.39 is 73.8 Å². The fraction of sp³-hybridized carbons (Fsp3) is 0.476. The Morgan fingerprint density at radius 2 is 1.95 bits per heavy atom. The second kappa shape index (κ2) is 9.38. The molecule has 17 nitrogen and oxygen atoms in total. The molecule has 3 fully saturated rings. The minimum Gasteiger partial charge on any atom is -0.394 e. The zero-order valence-electron chi connectivity index (χ0n) is 21.0. The first-order valence-electron chi connectivity index (χ1n) is 12.4. The van der Waals surface area contributed by atoms with Crippen molar-refractivity contribution < 1.29 is 42.1 Å². The van der Waals surface area contributed by atoms with E-state index in [0.717, 1.165) is 10.9 Å². The van der Waals surface area contributed by atoms with Gasteiger partial charge in [-0.15, -0.1) is 0 Å². The third-order valence-corrected chi connectivity index (χ3v) is 9.11. The minimum atomic E-state index is -4.58. The molecule has 7 N–H and O–H groups in total. The Hall–Kier alpha value is -3.23. The van der Waals surface area contributed by atoms with Crippen molar-refractivity contribution >= 4 is 53.0 Å². The molecular weight excluding hydrogens is 607 g/mol. The smallest absolute Gasteiger partial charge is 0.387 e. The SMILES string of the molecule is Nc1nc2c(ncn2[C@@H]2O[C@H](CO)[C@H](F)C2O[P@](=O)(S)OC2[C@H]3O[C@@H](n4ccc5c(N)ncnc54)[C@@H](F)[C@@]23O)c(=O)[nH]1. The van der Waals surface area contributed by atoms with Crippen LogP contribution >= 0.6 is 19.0 Å². The number of nitrogens with one attached hydrogen (secondary N) is 1. The first-order chi connectivity index (χ1) is 19.9. The van der Waals surface area contributed by atoms with Crippen molar-refractivity contribution in [2.45, 2.75) is 54.8 Å². The Morgan fingerprint density at radius 3 is 2.67 bits per heavy atom. The number of aromatic amines is 1. The largest absolute Gasteiger partial charge is 0.394 e. The molecule has 10 atom stereocenters. The van der Waals surface area contributed by atoms with Crippen LogP contribution in [0.25, 0.3) is 22.2 Å². The number of thiol groups is 1. The Balaban J connectivity index is 1.11. The van der Waals surface area contributed by atoms with Crippen molar-refractivity contribution in [3.05, 3.63) is 35.3 Å². The highest BCUT2D eigenvalue weighted by atomic mass is 32.7. The standard InChI is InChI=1S/C21H22F2N9O8PS/c22-8-7(3-33)37-18(32-5-28-9-16(32)29-20(25)30-17(9)34)10(8)39-41(36,42)40-13-12-21(13,35)11(23)19(38-12)31-2-1-6-14(24)26-4-27-15(6)31/h1-2,4-5,7-8,10-13,18-19,33,35H,3H2,(H,36,42)(H2,24,26,27)(H3,25,29,30,34)/t7-,8+,10?,11-,12-,13?,18-,19-,21+,41+/m1/s1. The maximum Gasteiger partial charge on any atom is 0.387 e. The maximum absolute atomic E-state index is 15.6. The summed E-state index contributed by atoms with van der Waals surface area (Å²) < 4.78 is 68.7. The van der Waals surface area contributed by atoms with Gasteiger partial charge in [0.15, 0.2) is 41.6 Å². The summed E-state index contributed by atoms with van der Waals surface area (Å²) in [5, 5.41) is 21.1. The lowest BCUT2D eigenvalue weighted by molar-refractivity contribution is -0.0623. The summed E-state index contributed by atoms with van der Waals surface area (Å²) in [6.07, 6.45) is -9.13. The fourth-order valence-electron chi connectivity index (χ4n) is 5.44. The van der Waals surface area contributed by atoms with Crippen molar-refractivity contribution in [1.82, 2.24) is 34.1 Å². The molecule has 3 aliphatic rings. The molecule has 21 heteroatoms. The Bertz CT molecular complexity index is 1830. The zero-order chi connectivity index (χ0) is 29.7. The molecule has 0 amide bonds. The summed E-state index contributed by atoms with van der Waals surface area (Å²) >= 11 is 3.92. The summed E-state index contributed by atoms with van der Waals surface area (Å²) in [5.74, 6) is -0.0937. The fourth-order valence-corrected chi connectivity index (χ4v) is 7.22. The average Bonchev–Trinajstić information content (AvgIpc) is 3.45. The Kier molecular flexibility index (Phi) is 6.17. The predicted molar refractivity (Wildman–Crippen MR) is 140 cm³/mol. The van der Waals surface area contributed by atoms with Gasteiger partial charge in [0.1, 0.15) is 42.2 Å². The van der Waals surface area contributed by atoms with Crippen LogP contribution in [0.5, 0.6) is 0 Å². The number of alkyl halides is 2. The highest BCUT2D eigenvalue weighted by molar-refractivity contribution is 8.44. The topological polar surface area (TPSA) is 241 Å². The summed E-state index contributed by atoms with van der Waals surface area (Å²) in [6.45, 7) is -5.37. The molecule has 42 heavy (non-hydrogen) atoms. The van der Waals surface area contributed by atoms with Gasteiger partial charge in [-0.25, -0.2) is 28.3 Å². The predicted octanol–water partition coefficient (Wildman–Crippen LogP) is -0.255. The van der Waals surface area contributed by atoms with Crippen molar-refractivity contribution in [3.8, 4) is 0 Å². The highest BCUT2D eigenvalue weighted by Gasteiger charge is 2.80. The van der Waals surface area contributed by atoms with Crippen molar-refractivity contribution in [1.29, 1.82) is 0 Å². The van der Waals surface area contributed by atoms with E-state index in [9.17, 15) is 19.6 Å². The van der Waals surface area contributed by atoms with E-state index in [4.69, 9.17) is 30.0 Å². The van der Waals surface area contributed by atoms with Gasteiger partial charge in [-0.2, -0.15) is 4.98 Å². The van der Waals surface area contributed by atoms with Gasteiger partial charge in [-0.1, -0.05) is 12.2 Å². The summed E-state index contributed by atoms with van der Waals surface area (Å²) in [6, 6.07) is 1.56. The van der Waals surface area contributed by atoms with Crippen LogP contribution in [0.4, 0.5) is 20.5 Å². The number of anilines is 2. The number of hydrogen-bond donors (Lipinski definition) is 6. The van der Waals surface area contributed by atoms with Crippen LogP contribution in [0.2, 0.25) is 0 Å². The van der Waals surface area contributed by atoms with Crippen molar-refractivity contribution in [2.75, 3.05) is 18.1 Å². The number of fused-ring (bicyclic) bond motifs is 3. The molecule has 224 valence electrons. The van der Waals surface area contributed by atoms with Gasteiger partial charge in [0.05, 0.1) is 18.3 Å². The number of halogens is 2. The number of aromatic nitrogens is 7. The van der Waals surface area contributed by atoms with Crippen LogP contribution in [0.15, 0.2) is 29.7 Å². The van der Waals surface area contributed by atoms with Gasteiger partial charge in [0.25, 0.3) is 5.56 Å². The third kappa shape index (κ3) is 3.98. The monoisotopic (exact) mass is 629 g/mol. The highest BCUT2D eigenvalue weighted by Crippen LogP contribution is 2.66. The third-order valence-electron chi connectivity index (χ3n) is 7.54. The van der Waals surface area contributed by atoms with Crippen LogP contribution in [0, 0.1) is 0 Å². The minimum absolute atomic E-state index is 0.106. The molecule has 1 saturated carbocycles.